The van der Waals surface area contributed by atoms with Gasteiger partial charge in [0.1, 0.15) is 5.01 Å². The van der Waals surface area contributed by atoms with Gasteiger partial charge in [-0.2, -0.15) is 8.78 Å². The highest BCUT2D eigenvalue weighted by atomic mass is 32.1. The monoisotopic (exact) mass is 256 g/mol. The minimum absolute atomic E-state index is 0.114. The molecular formula is C11H10F2N2OS. The lowest BCUT2D eigenvalue weighted by Crippen LogP contribution is -2.31. The maximum atomic E-state index is 12.2. The van der Waals surface area contributed by atoms with Crippen LogP contribution in [-0.4, -0.2) is 29.3 Å². The quantitative estimate of drug-likeness (QED) is 0.845. The predicted octanol–water partition coefficient (Wildman–Crippen LogP) is 2.52. The van der Waals surface area contributed by atoms with Crippen LogP contribution >= 0.6 is 11.3 Å². The van der Waals surface area contributed by atoms with Gasteiger partial charge in [-0.25, -0.2) is 4.98 Å². The lowest BCUT2D eigenvalue weighted by atomic mass is 10.3. The van der Waals surface area contributed by atoms with Crippen molar-refractivity contribution in [3.05, 3.63) is 29.3 Å². The van der Waals surface area contributed by atoms with E-state index in [1.54, 1.807) is 0 Å². The van der Waals surface area contributed by atoms with Crippen LogP contribution in [0.5, 0.6) is 0 Å². The summed E-state index contributed by atoms with van der Waals surface area (Å²) in [6, 6.07) is 7.51. The first-order chi connectivity index (χ1) is 8.08. The fourth-order valence-electron chi connectivity index (χ4n) is 1.43. The molecule has 0 saturated heterocycles. The van der Waals surface area contributed by atoms with Crippen molar-refractivity contribution >= 4 is 27.5 Å². The van der Waals surface area contributed by atoms with Gasteiger partial charge in [0.2, 0.25) is 0 Å². The van der Waals surface area contributed by atoms with Crippen molar-refractivity contribution in [2.75, 3.05) is 7.05 Å². The van der Waals surface area contributed by atoms with Gasteiger partial charge in [0.25, 0.3) is 5.91 Å². The van der Waals surface area contributed by atoms with Crippen molar-refractivity contribution in [3.8, 4) is 0 Å². The van der Waals surface area contributed by atoms with E-state index in [2.05, 4.69) is 4.98 Å². The number of nitrogens with zero attached hydrogens (tertiary/aromatic N) is 2. The maximum Gasteiger partial charge on any atom is 0.315 e. The van der Waals surface area contributed by atoms with Crippen LogP contribution in [-0.2, 0) is 11.3 Å². The van der Waals surface area contributed by atoms with Crippen LogP contribution in [0.15, 0.2) is 24.3 Å². The summed E-state index contributed by atoms with van der Waals surface area (Å²) in [5, 5.41) is 0.655. The lowest BCUT2D eigenvalue weighted by molar-refractivity contribution is -0.141. The smallest absolute Gasteiger partial charge is 0.315 e. The number of aromatic nitrogens is 1. The molecule has 0 saturated carbocycles. The molecule has 3 nitrogen and oxygen atoms in total. The largest absolute Gasteiger partial charge is 0.334 e. The summed E-state index contributed by atoms with van der Waals surface area (Å²) in [4.78, 5) is 16.3. The van der Waals surface area contributed by atoms with E-state index in [4.69, 9.17) is 0 Å². The zero-order valence-electron chi connectivity index (χ0n) is 9.06. The minimum atomic E-state index is -2.96. The number of amides is 1. The van der Waals surface area contributed by atoms with Crippen LogP contribution in [0.25, 0.3) is 10.2 Å². The molecule has 0 fully saturated rings. The molecule has 0 aliphatic carbocycles. The molecule has 0 atom stereocenters. The van der Waals surface area contributed by atoms with Gasteiger partial charge in [-0.15, -0.1) is 11.3 Å². The Hall–Kier alpha value is -1.56. The van der Waals surface area contributed by atoms with E-state index in [1.807, 2.05) is 24.3 Å². The summed E-state index contributed by atoms with van der Waals surface area (Å²) in [7, 11) is 1.35. The van der Waals surface area contributed by atoms with E-state index in [1.165, 1.54) is 18.4 Å². The molecule has 0 bridgehead atoms. The van der Waals surface area contributed by atoms with Crippen molar-refractivity contribution in [2.45, 2.75) is 13.0 Å². The van der Waals surface area contributed by atoms with Crippen LogP contribution in [0, 0.1) is 0 Å². The number of fused-ring (bicyclic) bond motifs is 1. The highest BCUT2D eigenvalue weighted by Crippen LogP contribution is 2.22. The third-order valence-electron chi connectivity index (χ3n) is 2.27. The van der Waals surface area contributed by atoms with Gasteiger partial charge in [0.15, 0.2) is 0 Å². The number of alkyl halides is 2. The predicted molar refractivity (Wildman–Crippen MR) is 62.1 cm³/mol. The number of rotatable bonds is 3. The van der Waals surface area contributed by atoms with E-state index in [0.29, 0.717) is 5.01 Å². The van der Waals surface area contributed by atoms with E-state index >= 15 is 0 Å². The average molecular weight is 256 g/mol. The Morgan fingerprint density at radius 2 is 2.18 bits per heavy atom. The topological polar surface area (TPSA) is 33.2 Å². The van der Waals surface area contributed by atoms with Crippen molar-refractivity contribution in [1.82, 2.24) is 9.88 Å². The normalized spacial score (nSPS) is 11.1. The first-order valence-corrected chi connectivity index (χ1v) is 5.77. The molecule has 0 aliphatic heterocycles. The molecule has 1 aromatic heterocycles. The molecule has 17 heavy (non-hydrogen) atoms. The zero-order valence-corrected chi connectivity index (χ0v) is 9.88. The number of benzene rings is 1. The average Bonchev–Trinajstić information content (AvgIpc) is 2.69. The molecule has 1 heterocycles. The van der Waals surface area contributed by atoms with Gasteiger partial charge in [0, 0.05) is 7.05 Å². The number of thiazole rings is 1. The van der Waals surface area contributed by atoms with E-state index in [0.717, 1.165) is 15.1 Å². The summed E-state index contributed by atoms with van der Waals surface area (Å²) in [6.07, 6.45) is -2.96. The molecule has 90 valence electrons. The van der Waals surface area contributed by atoms with Gasteiger partial charge >= 0.3 is 6.43 Å². The van der Waals surface area contributed by atoms with Gasteiger partial charge in [-0.05, 0) is 12.1 Å². The Morgan fingerprint density at radius 3 is 2.82 bits per heavy atom. The molecule has 1 amide bonds. The van der Waals surface area contributed by atoms with Crippen molar-refractivity contribution < 1.29 is 13.6 Å². The summed E-state index contributed by atoms with van der Waals surface area (Å²) in [6.45, 7) is 0.114. The Bertz CT molecular complexity index is 508. The number of halogens is 2. The molecule has 0 unspecified atom stereocenters. The highest BCUT2D eigenvalue weighted by molar-refractivity contribution is 7.18. The first kappa shape index (κ1) is 11.9. The highest BCUT2D eigenvalue weighted by Gasteiger charge is 2.21. The summed E-state index contributed by atoms with van der Waals surface area (Å²) in [5.74, 6) is -1.18. The van der Waals surface area contributed by atoms with Crippen LogP contribution < -0.4 is 0 Å². The van der Waals surface area contributed by atoms with Gasteiger partial charge < -0.3 is 4.90 Å². The first-order valence-electron chi connectivity index (χ1n) is 4.95. The standard InChI is InChI=1S/C11H10F2N2OS/c1-15(11(16)10(12)13)6-9-14-7-4-2-3-5-8(7)17-9/h2-5,10H,6H2,1H3. The van der Waals surface area contributed by atoms with Gasteiger partial charge in [-0.3, -0.25) is 4.79 Å². The van der Waals surface area contributed by atoms with E-state index in [9.17, 15) is 13.6 Å². The molecule has 0 spiro atoms. The van der Waals surface area contributed by atoms with Crippen LogP contribution in [0.2, 0.25) is 0 Å². The minimum Gasteiger partial charge on any atom is -0.334 e. The second kappa shape index (κ2) is 4.75. The fourth-order valence-corrected chi connectivity index (χ4v) is 2.46. The number of para-hydroxylation sites is 1. The maximum absolute atomic E-state index is 12.2. The second-order valence-electron chi connectivity index (χ2n) is 3.57. The van der Waals surface area contributed by atoms with Crippen molar-refractivity contribution in [1.29, 1.82) is 0 Å². The van der Waals surface area contributed by atoms with Crippen LogP contribution in [0.3, 0.4) is 0 Å². The molecular weight excluding hydrogens is 246 g/mol. The summed E-state index contributed by atoms with van der Waals surface area (Å²) >= 11 is 1.40. The summed E-state index contributed by atoms with van der Waals surface area (Å²) < 4.78 is 25.3. The molecule has 0 N–H and O–H groups in total. The van der Waals surface area contributed by atoms with Gasteiger partial charge in [-0.1, -0.05) is 12.1 Å². The third-order valence-corrected chi connectivity index (χ3v) is 3.29. The fraction of sp³-hybridized carbons (Fsp3) is 0.273. The Kier molecular flexibility index (Phi) is 3.33. The lowest BCUT2D eigenvalue weighted by Gasteiger charge is -2.14. The number of hydrogen-bond donors (Lipinski definition) is 0. The Balaban J connectivity index is 2.16. The van der Waals surface area contributed by atoms with Crippen LogP contribution in [0.1, 0.15) is 5.01 Å². The molecule has 2 aromatic rings. The Morgan fingerprint density at radius 1 is 1.47 bits per heavy atom. The second-order valence-corrected chi connectivity index (χ2v) is 4.69. The molecule has 6 heteroatoms. The Labute approximate surface area is 101 Å². The molecule has 1 aromatic carbocycles. The van der Waals surface area contributed by atoms with Gasteiger partial charge in [0.05, 0.1) is 16.8 Å². The third kappa shape index (κ3) is 2.58. The molecule has 2 rings (SSSR count). The summed E-state index contributed by atoms with van der Waals surface area (Å²) in [5.41, 5.74) is 0.824. The van der Waals surface area contributed by atoms with Crippen molar-refractivity contribution in [2.24, 2.45) is 0 Å². The zero-order chi connectivity index (χ0) is 12.4. The van der Waals surface area contributed by atoms with Crippen molar-refractivity contribution in [3.63, 3.8) is 0 Å². The number of hydrogen-bond acceptors (Lipinski definition) is 3. The SMILES string of the molecule is CN(Cc1nc2ccccc2s1)C(=O)C(F)F. The molecule has 0 aliphatic rings. The number of carbonyl (C=O) groups is 1. The van der Waals surface area contributed by atoms with Crippen LogP contribution in [0.4, 0.5) is 8.78 Å². The number of carbonyl (C=O) groups excluding carboxylic acids is 1. The van der Waals surface area contributed by atoms with E-state index in [-0.39, 0.29) is 6.54 Å². The molecule has 0 radical (unpaired) electrons. The van der Waals surface area contributed by atoms with E-state index < -0.39 is 12.3 Å².